The van der Waals surface area contributed by atoms with Gasteiger partial charge in [0, 0.05) is 23.4 Å². The normalized spacial score (nSPS) is 16.9. The van der Waals surface area contributed by atoms with E-state index >= 15 is 0 Å². The quantitative estimate of drug-likeness (QED) is 0.605. The number of benzene rings is 2. The minimum absolute atomic E-state index is 0.132. The van der Waals surface area contributed by atoms with E-state index in [0.29, 0.717) is 31.1 Å². The Hall–Kier alpha value is -2.60. The van der Waals surface area contributed by atoms with Crippen LogP contribution >= 0.6 is 11.8 Å². The first kappa shape index (κ1) is 17.8. The van der Waals surface area contributed by atoms with Gasteiger partial charge in [-0.05, 0) is 55.0 Å². The summed E-state index contributed by atoms with van der Waals surface area (Å²) in [5.74, 6) is 1.21. The lowest BCUT2D eigenvalue weighted by Gasteiger charge is -2.23. The third-order valence-corrected chi connectivity index (χ3v) is 5.75. The fourth-order valence-electron chi connectivity index (χ4n) is 3.39. The molecule has 0 N–H and O–H groups in total. The average molecular weight is 379 g/mol. The minimum Gasteiger partial charge on any atom is -0.337 e. The van der Waals surface area contributed by atoms with Crippen LogP contribution in [0.2, 0.25) is 0 Å². The molecule has 3 aromatic rings. The molecule has 1 aliphatic rings. The van der Waals surface area contributed by atoms with Crippen LogP contribution in [0.15, 0.2) is 57.9 Å². The highest BCUT2D eigenvalue weighted by molar-refractivity contribution is 7.98. The minimum atomic E-state index is -0.163. The molecule has 0 aliphatic carbocycles. The smallest absolute Gasteiger partial charge is 0.249 e. The number of aryl methyl sites for hydroxylation is 1. The van der Waals surface area contributed by atoms with Crippen molar-refractivity contribution >= 4 is 17.7 Å². The van der Waals surface area contributed by atoms with Gasteiger partial charge in [-0.1, -0.05) is 29.4 Å². The molecule has 1 unspecified atom stereocenters. The van der Waals surface area contributed by atoms with Crippen LogP contribution in [0.3, 0.4) is 0 Å². The van der Waals surface area contributed by atoms with Gasteiger partial charge in [0.25, 0.3) is 0 Å². The predicted octanol–water partition coefficient (Wildman–Crippen LogP) is 4.63. The highest BCUT2D eigenvalue weighted by Crippen LogP contribution is 2.34. The van der Waals surface area contributed by atoms with E-state index in [1.807, 2.05) is 47.6 Å². The summed E-state index contributed by atoms with van der Waals surface area (Å²) in [6.07, 6.45) is 3.26. The van der Waals surface area contributed by atoms with Crippen LogP contribution < -0.4 is 0 Å². The van der Waals surface area contributed by atoms with Gasteiger partial charge in [-0.15, -0.1) is 11.8 Å². The number of aromatic nitrogens is 2. The summed E-state index contributed by atoms with van der Waals surface area (Å²) < 4.78 is 5.55. The molecule has 2 aromatic carbocycles. The topological polar surface area (TPSA) is 59.2 Å². The molecular weight excluding hydrogens is 358 g/mol. The van der Waals surface area contributed by atoms with Gasteiger partial charge in [0.15, 0.2) is 0 Å². The maximum Gasteiger partial charge on any atom is 0.249 e. The predicted molar refractivity (Wildman–Crippen MR) is 105 cm³/mol. The molecule has 27 heavy (non-hydrogen) atoms. The van der Waals surface area contributed by atoms with E-state index in [4.69, 9.17) is 4.52 Å². The van der Waals surface area contributed by atoms with Gasteiger partial charge in [0.2, 0.25) is 17.6 Å². The van der Waals surface area contributed by atoms with E-state index in [9.17, 15) is 4.79 Å². The maximum absolute atomic E-state index is 12.5. The summed E-state index contributed by atoms with van der Waals surface area (Å²) in [5, 5.41) is 4.14. The number of hydrogen-bond donors (Lipinski definition) is 0. The average Bonchev–Trinajstić information content (AvgIpc) is 3.31. The Morgan fingerprint density at radius 2 is 1.96 bits per heavy atom. The molecule has 0 bridgehead atoms. The van der Waals surface area contributed by atoms with Gasteiger partial charge in [-0.25, -0.2) is 0 Å². The van der Waals surface area contributed by atoms with Crippen molar-refractivity contribution in [2.45, 2.75) is 37.2 Å². The van der Waals surface area contributed by atoms with Crippen LogP contribution in [-0.2, 0) is 11.3 Å². The van der Waals surface area contributed by atoms with Crippen molar-refractivity contribution in [3.05, 3.63) is 65.5 Å². The number of carbonyl (C=O) groups excluding carboxylic acids is 1. The fourth-order valence-corrected chi connectivity index (χ4v) is 3.80. The molecule has 0 radical (unpaired) electrons. The summed E-state index contributed by atoms with van der Waals surface area (Å²) in [6.45, 7) is 2.63. The number of amides is 1. The third kappa shape index (κ3) is 3.62. The van der Waals surface area contributed by atoms with Crippen molar-refractivity contribution in [3.8, 4) is 11.4 Å². The van der Waals surface area contributed by atoms with E-state index in [1.165, 1.54) is 10.5 Å². The van der Waals surface area contributed by atoms with Crippen molar-refractivity contribution < 1.29 is 9.32 Å². The highest BCUT2D eigenvalue weighted by Gasteiger charge is 2.36. The van der Waals surface area contributed by atoms with Crippen LogP contribution in [0.5, 0.6) is 0 Å². The van der Waals surface area contributed by atoms with E-state index in [2.05, 4.69) is 29.2 Å². The highest BCUT2D eigenvalue weighted by atomic mass is 32.2. The zero-order valence-corrected chi connectivity index (χ0v) is 16.2. The maximum atomic E-state index is 12.5. The molecule has 1 amide bonds. The number of likely N-dealkylation sites (tertiary alicyclic amines) is 1. The molecule has 2 heterocycles. The second kappa shape index (κ2) is 7.56. The molecule has 1 atom stereocenters. The summed E-state index contributed by atoms with van der Waals surface area (Å²) >= 11 is 1.69. The lowest BCUT2D eigenvalue weighted by molar-refractivity contribution is -0.130. The first-order valence-electron chi connectivity index (χ1n) is 8.97. The Morgan fingerprint density at radius 3 is 2.70 bits per heavy atom. The van der Waals surface area contributed by atoms with Crippen molar-refractivity contribution in [1.82, 2.24) is 15.0 Å². The molecule has 138 valence electrons. The number of nitrogens with zero attached hydrogens (tertiary/aromatic N) is 3. The van der Waals surface area contributed by atoms with Crippen molar-refractivity contribution in [3.63, 3.8) is 0 Å². The van der Waals surface area contributed by atoms with E-state index in [1.54, 1.807) is 11.8 Å². The lowest BCUT2D eigenvalue weighted by atomic mass is 10.1. The second-order valence-electron chi connectivity index (χ2n) is 6.69. The van der Waals surface area contributed by atoms with E-state index < -0.39 is 0 Å². The van der Waals surface area contributed by atoms with Crippen molar-refractivity contribution in [2.24, 2.45) is 0 Å². The Kier molecular flexibility index (Phi) is 4.99. The summed E-state index contributed by atoms with van der Waals surface area (Å²) in [4.78, 5) is 20.1. The Balaban J connectivity index is 1.57. The number of thioether (sulfide) groups is 1. The lowest BCUT2D eigenvalue weighted by Crippen LogP contribution is -2.27. The Bertz CT molecular complexity index is 952. The SMILES string of the molecule is CSc1ccc(-c2noc(C3CCC(=O)N3Cc3ccccc3C)n2)cc1. The van der Waals surface area contributed by atoms with Gasteiger partial charge in [0.05, 0.1) is 0 Å². The van der Waals surface area contributed by atoms with Gasteiger partial charge in [0.1, 0.15) is 6.04 Å². The number of carbonyl (C=O) groups is 1. The van der Waals surface area contributed by atoms with Crippen molar-refractivity contribution in [1.29, 1.82) is 0 Å². The summed E-state index contributed by atoms with van der Waals surface area (Å²) in [7, 11) is 0. The fraction of sp³-hybridized carbons (Fsp3) is 0.286. The molecule has 0 saturated carbocycles. The molecule has 1 fully saturated rings. The van der Waals surface area contributed by atoms with Crippen LogP contribution in [0.25, 0.3) is 11.4 Å². The van der Waals surface area contributed by atoms with E-state index in [0.717, 1.165) is 11.1 Å². The largest absolute Gasteiger partial charge is 0.337 e. The van der Waals surface area contributed by atoms with Crippen LogP contribution in [0.1, 0.15) is 35.9 Å². The Morgan fingerprint density at radius 1 is 1.19 bits per heavy atom. The molecular formula is C21H21N3O2S. The molecule has 0 spiro atoms. The van der Waals surface area contributed by atoms with Gasteiger partial charge in [-0.2, -0.15) is 4.98 Å². The van der Waals surface area contributed by atoms with Crippen LogP contribution in [0, 0.1) is 6.92 Å². The Labute approximate surface area is 162 Å². The molecule has 1 aromatic heterocycles. The van der Waals surface area contributed by atoms with Gasteiger partial charge < -0.3 is 9.42 Å². The van der Waals surface area contributed by atoms with Gasteiger partial charge >= 0.3 is 0 Å². The number of rotatable bonds is 5. The standard InChI is InChI=1S/C21H21N3O2S/c1-14-5-3-4-6-16(14)13-24-18(11-12-19(24)25)21-22-20(23-26-21)15-7-9-17(27-2)10-8-15/h3-10,18H,11-13H2,1-2H3. The van der Waals surface area contributed by atoms with Crippen molar-refractivity contribution in [2.75, 3.05) is 6.26 Å². The molecule has 6 heteroatoms. The van der Waals surface area contributed by atoms with Crippen LogP contribution in [-0.4, -0.2) is 27.2 Å². The van der Waals surface area contributed by atoms with Gasteiger partial charge in [-0.3, -0.25) is 4.79 Å². The summed E-state index contributed by atoms with van der Waals surface area (Å²) in [6, 6.07) is 16.0. The molecule has 5 nitrogen and oxygen atoms in total. The molecule has 1 saturated heterocycles. The van der Waals surface area contributed by atoms with Crippen LogP contribution in [0.4, 0.5) is 0 Å². The first-order valence-corrected chi connectivity index (χ1v) is 10.2. The zero-order valence-electron chi connectivity index (χ0n) is 15.4. The van der Waals surface area contributed by atoms with E-state index in [-0.39, 0.29) is 11.9 Å². The summed E-state index contributed by atoms with van der Waals surface area (Å²) in [5.41, 5.74) is 3.23. The monoisotopic (exact) mass is 379 g/mol. The zero-order chi connectivity index (χ0) is 18.8. The third-order valence-electron chi connectivity index (χ3n) is 5.01. The first-order chi connectivity index (χ1) is 13.2. The second-order valence-corrected chi connectivity index (χ2v) is 7.57. The molecule has 4 rings (SSSR count). The molecule has 1 aliphatic heterocycles. The number of hydrogen-bond acceptors (Lipinski definition) is 5.